The van der Waals surface area contributed by atoms with E-state index < -0.39 is 11.6 Å². The number of fused-ring (bicyclic) bond motifs is 1. The van der Waals surface area contributed by atoms with Crippen LogP contribution in [0.3, 0.4) is 0 Å². The Morgan fingerprint density at radius 1 is 1.10 bits per heavy atom. The van der Waals surface area contributed by atoms with Crippen molar-refractivity contribution in [2.24, 2.45) is 5.92 Å². The number of imide groups is 1. The number of nitrogens with one attached hydrogen (secondary N) is 3. The van der Waals surface area contributed by atoms with Crippen LogP contribution < -0.4 is 15.5 Å². The molecule has 0 radical (unpaired) electrons. The Morgan fingerprint density at radius 2 is 1.87 bits per heavy atom. The molecule has 1 aromatic carbocycles. The number of hydrogen-bond acceptors (Lipinski definition) is 5. The lowest BCUT2D eigenvalue weighted by atomic mass is 9.74. The highest BCUT2D eigenvalue weighted by Crippen LogP contribution is 2.36. The van der Waals surface area contributed by atoms with Gasteiger partial charge in [-0.3, -0.25) is 10.1 Å². The molecule has 3 N–H and O–H groups in total. The highest BCUT2D eigenvalue weighted by molar-refractivity contribution is 6.07. The van der Waals surface area contributed by atoms with E-state index in [2.05, 4.69) is 30.5 Å². The van der Waals surface area contributed by atoms with E-state index >= 15 is 0 Å². The molecule has 0 aliphatic carbocycles. The molecule has 2 aromatic heterocycles. The number of piperidine rings is 1. The summed E-state index contributed by atoms with van der Waals surface area (Å²) in [5.74, 6) is 0.174. The van der Waals surface area contributed by atoms with Gasteiger partial charge >= 0.3 is 6.03 Å². The number of hydrogen-bond donors (Lipinski definition) is 3. The van der Waals surface area contributed by atoms with E-state index in [4.69, 9.17) is 0 Å². The molecule has 0 saturated carbocycles. The van der Waals surface area contributed by atoms with E-state index in [-0.39, 0.29) is 17.6 Å². The molecule has 0 bridgehead atoms. The normalized spacial score (nSPS) is 22.4. The van der Waals surface area contributed by atoms with Crippen molar-refractivity contribution in [2.75, 3.05) is 18.0 Å². The number of carbonyl (C=O) groups is 2. The Labute approximate surface area is 171 Å². The molecule has 3 amide bonds. The van der Waals surface area contributed by atoms with Gasteiger partial charge < -0.3 is 15.2 Å². The number of aromatic amines is 1. The van der Waals surface area contributed by atoms with Crippen molar-refractivity contribution in [2.45, 2.75) is 24.8 Å². The fraction of sp³-hybridized carbons (Fsp3) is 0.333. The lowest BCUT2D eigenvalue weighted by molar-refractivity contribution is -0.126. The van der Waals surface area contributed by atoms with Crippen LogP contribution in [0.2, 0.25) is 0 Å². The summed E-state index contributed by atoms with van der Waals surface area (Å²) < 4.78 is 13.3. The fourth-order valence-electron chi connectivity index (χ4n) is 4.68. The standard InChI is InChI=1S/C21H21FN6O2/c22-15-3-1-13(2-4-15)11-21(19(29)26-20(30)27-21)14-6-9-28(10-7-14)18-16-5-8-23-17(16)24-12-25-18/h1-5,8,12,14H,6-7,9-11H2,(H,23,24,25)(H2,26,27,29,30). The third-order valence-corrected chi connectivity index (χ3v) is 6.19. The summed E-state index contributed by atoms with van der Waals surface area (Å²) in [6.45, 7) is 1.41. The summed E-state index contributed by atoms with van der Waals surface area (Å²) >= 11 is 0. The molecule has 154 valence electrons. The van der Waals surface area contributed by atoms with Crippen LogP contribution in [0.5, 0.6) is 0 Å². The Hall–Kier alpha value is -3.49. The first-order valence-electron chi connectivity index (χ1n) is 9.96. The Balaban J connectivity index is 1.39. The van der Waals surface area contributed by atoms with Gasteiger partial charge in [0, 0.05) is 25.7 Å². The number of amides is 3. The number of nitrogens with zero attached hydrogens (tertiary/aromatic N) is 3. The smallest absolute Gasteiger partial charge is 0.322 e. The van der Waals surface area contributed by atoms with Crippen LogP contribution in [0.15, 0.2) is 42.9 Å². The number of anilines is 1. The van der Waals surface area contributed by atoms with Gasteiger partial charge in [0.1, 0.15) is 29.1 Å². The quantitative estimate of drug-likeness (QED) is 0.574. The van der Waals surface area contributed by atoms with Crippen molar-refractivity contribution < 1.29 is 14.0 Å². The number of halogens is 1. The van der Waals surface area contributed by atoms with Gasteiger partial charge in [-0.15, -0.1) is 0 Å². The fourth-order valence-corrected chi connectivity index (χ4v) is 4.68. The number of benzene rings is 1. The molecule has 3 aromatic rings. The third kappa shape index (κ3) is 3.06. The zero-order chi connectivity index (χ0) is 20.7. The summed E-state index contributed by atoms with van der Waals surface area (Å²) in [4.78, 5) is 38.9. The van der Waals surface area contributed by atoms with E-state index in [9.17, 15) is 14.0 Å². The van der Waals surface area contributed by atoms with E-state index in [1.807, 2.05) is 12.3 Å². The number of carbonyl (C=O) groups excluding carboxylic acids is 2. The predicted molar refractivity (Wildman–Crippen MR) is 108 cm³/mol. The number of H-pyrrole nitrogens is 1. The molecule has 2 saturated heterocycles. The minimum atomic E-state index is -1.03. The number of urea groups is 1. The summed E-state index contributed by atoms with van der Waals surface area (Å²) in [5, 5.41) is 6.25. The van der Waals surface area contributed by atoms with Gasteiger partial charge in [0.2, 0.25) is 0 Å². The van der Waals surface area contributed by atoms with Crippen molar-refractivity contribution >= 4 is 28.8 Å². The topological polar surface area (TPSA) is 103 Å². The summed E-state index contributed by atoms with van der Waals surface area (Å²) in [7, 11) is 0. The molecule has 1 atom stereocenters. The van der Waals surface area contributed by atoms with Crippen LogP contribution in [-0.2, 0) is 11.2 Å². The maximum Gasteiger partial charge on any atom is 0.322 e. The van der Waals surface area contributed by atoms with Crippen molar-refractivity contribution in [1.29, 1.82) is 0 Å². The molecule has 1 unspecified atom stereocenters. The third-order valence-electron chi connectivity index (χ3n) is 6.19. The van der Waals surface area contributed by atoms with Crippen LogP contribution in [0, 0.1) is 11.7 Å². The average Bonchev–Trinajstić information content (AvgIpc) is 3.34. The van der Waals surface area contributed by atoms with Crippen LogP contribution in [0.25, 0.3) is 11.0 Å². The minimum Gasteiger partial charge on any atom is -0.356 e. The molecule has 5 rings (SSSR count). The monoisotopic (exact) mass is 408 g/mol. The Bertz CT molecular complexity index is 1110. The van der Waals surface area contributed by atoms with E-state index in [1.54, 1.807) is 18.5 Å². The van der Waals surface area contributed by atoms with Crippen LogP contribution in [0.4, 0.5) is 15.0 Å². The maximum absolute atomic E-state index is 13.3. The molecular weight excluding hydrogens is 387 g/mol. The molecule has 9 heteroatoms. The van der Waals surface area contributed by atoms with Gasteiger partial charge in [-0.1, -0.05) is 12.1 Å². The molecule has 2 aliphatic heterocycles. The van der Waals surface area contributed by atoms with Gasteiger partial charge in [0.15, 0.2) is 0 Å². The lowest BCUT2D eigenvalue weighted by Gasteiger charge is -2.41. The molecule has 8 nitrogen and oxygen atoms in total. The molecule has 30 heavy (non-hydrogen) atoms. The highest BCUT2D eigenvalue weighted by Gasteiger charge is 2.52. The lowest BCUT2D eigenvalue weighted by Crippen LogP contribution is -2.57. The maximum atomic E-state index is 13.3. The minimum absolute atomic E-state index is 0.0474. The first-order chi connectivity index (χ1) is 14.5. The zero-order valence-corrected chi connectivity index (χ0v) is 16.2. The van der Waals surface area contributed by atoms with Crippen LogP contribution in [0.1, 0.15) is 18.4 Å². The summed E-state index contributed by atoms with van der Waals surface area (Å²) in [6, 6.07) is 7.54. The van der Waals surface area contributed by atoms with Crippen molar-refractivity contribution in [3.05, 3.63) is 54.2 Å². The van der Waals surface area contributed by atoms with Gasteiger partial charge in [-0.05, 0) is 42.5 Å². The van der Waals surface area contributed by atoms with Gasteiger partial charge in [-0.2, -0.15) is 0 Å². The second kappa shape index (κ2) is 7.08. The van der Waals surface area contributed by atoms with Crippen molar-refractivity contribution in [1.82, 2.24) is 25.6 Å². The van der Waals surface area contributed by atoms with E-state index in [0.29, 0.717) is 32.4 Å². The Kier molecular flexibility index (Phi) is 4.38. The van der Waals surface area contributed by atoms with Crippen molar-refractivity contribution in [3.8, 4) is 0 Å². The molecule has 2 aliphatic rings. The number of rotatable bonds is 4. The zero-order valence-electron chi connectivity index (χ0n) is 16.2. The Morgan fingerprint density at radius 3 is 2.57 bits per heavy atom. The SMILES string of the molecule is O=C1NC(=O)C(Cc2ccc(F)cc2)(C2CCN(c3ncnc4[nH]ccc34)CC2)N1. The molecule has 4 heterocycles. The highest BCUT2D eigenvalue weighted by atomic mass is 19.1. The molecular formula is C21H21FN6O2. The first kappa shape index (κ1) is 18.5. The summed E-state index contributed by atoms with van der Waals surface area (Å²) in [6.07, 6.45) is 5.13. The first-order valence-corrected chi connectivity index (χ1v) is 9.96. The van der Waals surface area contributed by atoms with E-state index in [1.165, 1.54) is 12.1 Å². The van der Waals surface area contributed by atoms with Gasteiger partial charge in [0.05, 0.1) is 5.39 Å². The van der Waals surface area contributed by atoms with Crippen LogP contribution in [-0.4, -0.2) is 45.5 Å². The summed E-state index contributed by atoms with van der Waals surface area (Å²) in [5.41, 5.74) is 0.564. The van der Waals surface area contributed by atoms with Gasteiger partial charge in [0.25, 0.3) is 5.91 Å². The number of aromatic nitrogens is 3. The second-order valence-corrected chi connectivity index (χ2v) is 7.88. The molecule has 0 spiro atoms. The molecule has 2 fully saturated rings. The predicted octanol–water partition coefficient (Wildman–Crippen LogP) is 2.13. The van der Waals surface area contributed by atoms with Crippen LogP contribution >= 0.6 is 0 Å². The van der Waals surface area contributed by atoms with Gasteiger partial charge in [-0.25, -0.2) is 19.2 Å². The van der Waals surface area contributed by atoms with Crippen molar-refractivity contribution in [3.63, 3.8) is 0 Å². The average molecular weight is 408 g/mol. The largest absolute Gasteiger partial charge is 0.356 e. The van der Waals surface area contributed by atoms with E-state index in [0.717, 1.165) is 22.4 Å². The second-order valence-electron chi connectivity index (χ2n) is 7.88.